The van der Waals surface area contributed by atoms with Gasteiger partial charge in [0.2, 0.25) is 5.91 Å². The number of hydrogen-bond acceptors (Lipinski definition) is 9. The summed E-state index contributed by atoms with van der Waals surface area (Å²) in [5.41, 5.74) is 12.5. The van der Waals surface area contributed by atoms with Gasteiger partial charge < -0.3 is 50.7 Å². The first-order valence-corrected chi connectivity index (χ1v) is 25.4. The molecule has 4 saturated carbocycles. The van der Waals surface area contributed by atoms with Gasteiger partial charge in [-0.3, -0.25) is 4.79 Å². The van der Waals surface area contributed by atoms with Crippen LogP contribution in [-0.4, -0.2) is 121 Å². The molecule has 3 amide bonds. The second kappa shape index (κ2) is 29.0. The molecule has 12 nitrogen and oxygen atoms in total. The van der Waals surface area contributed by atoms with E-state index in [9.17, 15) is 9.59 Å². The molecule has 62 heavy (non-hydrogen) atoms. The van der Waals surface area contributed by atoms with Crippen molar-refractivity contribution < 1.29 is 33.3 Å². The van der Waals surface area contributed by atoms with Crippen molar-refractivity contribution in [2.75, 3.05) is 92.1 Å². The number of unbranched alkanes of at least 4 members (excludes halogenated alkanes) is 5. The summed E-state index contributed by atoms with van der Waals surface area (Å²) in [6.07, 6.45) is 23.2. The highest BCUT2D eigenvalue weighted by molar-refractivity contribution is 5.86. The normalized spacial score (nSPS) is 29.6. The van der Waals surface area contributed by atoms with Crippen molar-refractivity contribution in [2.24, 2.45) is 57.8 Å². The Bertz CT molecular complexity index is 1260. The van der Waals surface area contributed by atoms with E-state index in [1.54, 1.807) is 0 Å². The maximum absolute atomic E-state index is 13.6. The lowest BCUT2D eigenvalue weighted by Gasteiger charge is -2.64. The first-order chi connectivity index (χ1) is 30.1. The van der Waals surface area contributed by atoms with E-state index in [1.807, 2.05) is 0 Å². The number of carbonyl (C=O) groups is 2. The summed E-state index contributed by atoms with van der Waals surface area (Å²) in [4.78, 5) is 26.9. The van der Waals surface area contributed by atoms with Crippen molar-refractivity contribution in [1.82, 2.24) is 15.5 Å². The van der Waals surface area contributed by atoms with Gasteiger partial charge in [-0.2, -0.15) is 0 Å². The Morgan fingerprint density at radius 3 is 2.10 bits per heavy atom. The summed E-state index contributed by atoms with van der Waals surface area (Å²) in [7, 11) is 0. The number of nitrogens with one attached hydrogen (secondary N) is 2. The summed E-state index contributed by atoms with van der Waals surface area (Å²) in [5, 5.41) is 5.82. The molecule has 0 aromatic carbocycles. The predicted octanol–water partition coefficient (Wildman–Crippen LogP) is 7.86. The summed E-state index contributed by atoms with van der Waals surface area (Å²) < 4.78 is 30.8. The molecule has 0 radical (unpaired) electrons. The Kier molecular flexibility index (Phi) is 24.7. The van der Waals surface area contributed by atoms with Gasteiger partial charge in [0.15, 0.2) is 0 Å². The average Bonchev–Trinajstić information content (AvgIpc) is 3.63. The number of urea groups is 1. The fourth-order valence-electron chi connectivity index (χ4n) is 12.6. The molecule has 10 atom stereocenters. The zero-order valence-corrected chi connectivity index (χ0v) is 40.0. The molecule has 0 bridgehead atoms. The Labute approximate surface area is 377 Å². The van der Waals surface area contributed by atoms with E-state index in [0.717, 1.165) is 77.2 Å². The molecular formula is C50H93N5O7. The summed E-state index contributed by atoms with van der Waals surface area (Å²) in [5.74, 6) is 3.44. The van der Waals surface area contributed by atoms with Crippen molar-refractivity contribution >= 4 is 11.9 Å². The number of nitrogens with two attached hydrogens (primary N) is 2. The Morgan fingerprint density at radius 2 is 1.40 bits per heavy atom. The van der Waals surface area contributed by atoms with Gasteiger partial charge in [-0.1, -0.05) is 79.2 Å². The summed E-state index contributed by atoms with van der Waals surface area (Å²) >= 11 is 0. The molecule has 0 aromatic heterocycles. The zero-order chi connectivity index (χ0) is 44.6. The van der Waals surface area contributed by atoms with Gasteiger partial charge in [0.05, 0.1) is 51.8 Å². The van der Waals surface area contributed by atoms with Crippen molar-refractivity contribution in [2.45, 2.75) is 155 Å². The van der Waals surface area contributed by atoms with Crippen LogP contribution in [-0.2, 0) is 28.5 Å². The number of ether oxygens (including phenoxy) is 5. The molecular weight excluding hydrogens is 783 g/mol. The van der Waals surface area contributed by atoms with Crippen LogP contribution in [0.5, 0.6) is 0 Å². The SMILES string of the molecule is C=CC(=O)NCCOCCOCCOCCNC(=O)N(CCCCCCCC)CCC[C@@H](C)[C@H]1CC[C@H]2C3C(OCCCN)CC4CCCC[C@]4(C)C3C[C@H](OCCCN)[C@]12C. The number of rotatable bonds is 33. The molecule has 4 aliphatic rings. The molecule has 4 fully saturated rings. The first-order valence-electron chi connectivity index (χ1n) is 25.4. The van der Waals surface area contributed by atoms with Gasteiger partial charge in [0, 0.05) is 44.8 Å². The summed E-state index contributed by atoms with van der Waals surface area (Å²) in [6.45, 7) is 21.4. The van der Waals surface area contributed by atoms with Crippen LogP contribution in [0.1, 0.15) is 143 Å². The third-order valence-electron chi connectivity index (χ3n) is 15.9. The molecule has 360 valence electrons. The molecule has 0 aliphatic heterocycles. The van der Waals surface area contributed by atoms with E-state index in [1.165, 1.54) is 76.7 Å². The molecule has 0 saturated heterocycles. The molecule has 12 heteroatoms. The largest absolute Gasteiger partial charge is 0.378 e. The zero-order valence-electron chi connectivity index (χ0n) is 40.0. The monoisotopic (exact) mass is 876 g/mol. The van der Waals surface area contributed by atoms with E-state index >= 15 is 0 Å². The minimum Gasteiger partial charge on any atom is -0.378 e. The fraction of sp³-hybridized carbons (Fsp3) is 0.920. The van der Waals surface area contributed by atoms with E-state index in [0.29, 0.717) is 107 Å². The van der Waals surface area contributed by atoms with Gasteiger partial charge in [0.1, 0.15) is 0 Å². The van der Waals surface area contributed by atoms with Crippen LogP contribution in [0, 0.1) is 46.3 Å². The Hall–Kier alpha value is -1.80. The third kappa shape index (κ3) is 15.4. The van der Waals surface area contributed by atoms with Gasteiger partial charge in [-0.25, -0.2) is 4.79 Å². The van der Waals surface area contributed by atoms with Crippen molar-refractivity contribution in [3.8, 4) is 0 Å². The molecule has 4 aliphatic carbocycles. The van der Waals surface area contributed by atoms with Crippen LogP contribution in [0.3, 0.4) is 0 Å². The molecule has 0 aromatic rings. The minimum atomic E-state index is -0.207. The van der Waals surface area contributed by atoms with Crippen molar-refractivity contribution in [3.05, 3.63) is 12.7 Å². The highest BCUT2D eigenvalue weighted by Crippen LogP contribution is 2.69. The van der Waals surface area contributed by atoms with E-state index in [-0.39, 0.29) is 23.5 Å². The van der Waals surface area contributed by atoms with Gasteiger partial charge in [0.25, 0.3) is 0 Å². The number of nitrogens with zero attached hydrogens (tertiary/aromatic N) is 1. The minimum absolute atomic E-state index is 0.0135. The number of fused-ring (bicyclic) bond motifs is 5. The number of hydrogen-bond donors (Lipinski definition) is 4. The Morgan fingerprint density at radius 1 is 0.758 bits per heavy atom. The highest BCUT2D eigenvalue weighted by Gasteiger charge is 2.66. The smallest absolute Gasteiger partial charge is 0.317 e. The standard InChI is InChI=1S/C50H93N5O7/c1-6-8-9-10-11-14-27-55(48(57)54-26-32-59-34-36-60-35-33-58-31-25-53-46(56)7-2)28-15-18-39(3)41-20-21-42-47-43(38-45(50(41,42)5)62-30-17-24-52)49(4)22-13-12-19-40(49)37-44(47)61-29-16-23-51/h7,39-45,47H,2,6,8-38,51-52H2,1,3-5H3,(H,53,56)(H,54,57)/t39-,40?,41-,42+,43?,44?,45+,47?,49+,50-/m1/s1. The van der Waals surface area contributed by atoms with E-state index < -0.39 is 0 Å². The van der Waals surface area contributed by atoms with Crippen molar-refractivity contribution in [3.63, 3.8) is 0 Å². The maximum Gasteiger partial charge on any atom is 0.317 e. The summed E-state index contributed by atoms with van der Waals surface area (Å²) in [6, 6.07) is 0.0135. The fourth-order valence-corrected chi connectivity index (χ4v) is 12.6. The van der Waals surface area contributed by atoms with E-state index in [4.69, 9.17) is 35.2 Å². The topological polar surface area (TPSA) is 160 Å². The van der Waals surface area contributed by atoms with Crippen LogP contribution < -0.4 is 22.1 Å². The van der Waals surface area contributed by atoms with Crippen LogP contribution in [0.2, 0.25) is 0 Å². The van der Waals surface area contributed by atoms with Crippen LogP contribution in [0.15, 0.2) is 12.7 Å². The van der Waals surface area contributed by atoms with Crippen LogP contribution in [0.25, 0.3) is 0 Å². The highest BCUT2D eigenvalue weighted by atomic mass is 16.5. The molecule has 6 N–H and O–H groups in total. The van der Waals surface area contributed by atoms with Gasteiger partial charge >= 0.3 is 6.03 Å². The van der Waals surface area contributed by atoms with Crippen LogP contribution >= 0.6 is 0 Å². The Balaban J connectivity index is 1.31. The molecule has 0 spiro atoms. The average molecular weight is 876 g/mol. The van der Waals surface area contributed by atoms with Crippen LogP contribution in [0.4, 0.5) is 4.79 Å². The molecule has 4 rings (SSSR count). The second-order valence-electron chi connectivity index (χ2n) is 19.8. The van der Waals surface area contributed by atoms with Crippen molar-refractivity contribution in [1.29, 1.82) is 0 Å². The number of carbonyl (C=O) groups excluding carboxylic acids is 2. The predicted molar refractivity (Wildman–Crippen MR) is 250 cm³/mol. The lowest BCUT2D eigenvalue weighted by molar-refractivity contribution is -0.221. The number of amides is 3. The second-order valence-corrected chi connectivity index (χ2v) is 19.8. The molecule has 0 heterocycles. The van der Waals surface area contributed by atoms with E-state index in [2.05, 4.69) is 49.8 Å². The molecule has 4 unspecified atom stereocenters. The lowest BCUT2D eigenvalue weighted by atomic mass is 9.43. The maximum atomic E-state index is 13.6. The van der Waals surface area contributed by atoms with Gasteiger partial charge in [-0.15, -0.1) is 0 Å². The van der Waals surface area contributed by atoms with Gasteiger partial charge in [-0.05, 0) is 131 Å². The third-order valence-corrected chi connectivity index (χ3v) is 15.9. The lowest BCUT2D eigenvalue weighted by Crippen LogP contribution is -2.62. The quantitative estimate of drug-likeness (QED) is 0.0380. The first kappa shape index (κ1) is 52.8.